The number of hydrogen-bond donors (Lipinski definition) is 2. The quantitative estimate of drug-likeness (QED) is 0.717. The average molecular weight is 279 g/mol. The Kier molecular flexibility index (Phi) is 6.56. The van der Waals surface area contributed by atoms with Crippen molar-refractivity contribution in [2.45, 2.75) is 39.2 Å². The molecule has 1 aromatic rings. The van der Waals surface area contributed by atoms with Crippen molar-refractivity contribution in [3.05, 3.63) is 29.8 Å². The molecule has 0 unspecified atom stereocenters. The van der Waals surface area contributed by atoms with Crippen LogP contribution in [0.2, 0.25) is 0 Å². The van der Waals surface area contributed by atoms with Gasteiger partial charge in [0.05, 0.1) is 6.10 Å². The predicted octanol–water partition coefficient (Wildman–Crippen LogP) is 2.46. The highest BCUT2D eigenvalue weighted by Crippen LogP contribution is 2.13. The summed E-state index contributed by atoms with van der Waals surface area (Å²) in [5, 5.41) is 11.2. The molecule has 5 heteroatoms. The van der Waals surface area contributed by atoms with Crippen molar-refractivity contribution in [3.8, 4) is 5.75 Å². The summed E-state index contributed by atoms with van der Waals surface area (Å²) in [5.41, 5.74) is 0.569. The van der Waals surface area contributed by atoms with Gasteiger partial charge in [-0.2, -0.15) is 0 Å². The number of unbranched alkanes of at least 4 members (excludes halogenated alkanes) is 1. The molecule has 0 aliphatic rings. The van der Waals surface area contributed by atoms with Crippen LogP contribution in [-0.4, -0.2) is 29.6 Å². The molecule has 0 radical (unpaired) electrons. The largest absolute Gasteiger partial charge is 0.491 e. The van der Waals surface area contributed by atoms with Crippen LogP contribution >= 0.6 is 0 Å². The van der Waals surface area contributed by atoms with Crippen LogP contribution in [0.25, 0.3) is 0 Å². The predicted molar refractivity (Wildman–Crippen MR) is 76.0 cm³/mol. The summed E-state index contributed by atoms with van der Waals surface area (Å²) in [6.07, 6.45) is 1.46. The fourth-order valence-corrected chi connectivity index (χ4v) is 1.66. The highest BCUT2D eigenvalue weighted by atomic mass is 16.5. The summed E-state index contributed by atoms with van der Waals surface area (Å²) < 4.78 is 5.50. The Labute approximate surface area is 118 Å². The molecule has 0 heterocycles. The maximum atomic E-state index is 11.8. The first-order chi connectivity index (χ1) is 9.49. The van der Waals surface area contributed by atoms with Crippen molar-refractivity contribution in [2.75, 3.05) is 6.54 Å². The molecule has 0 spiro atoms. The van der Waals surface area contributed by atoms with Crippen LogP contribution in [0.15, 0.2) is 24.3 Å². The third kappa shape index (κ3) is 6.22. The topological polar surface area (TPSA) is 75.6 Å². The molecule has 20 heavy (non-hydrogen) atoms. The van der Waals surface area contributed by atoms with Crippen molar-refractivity contribution < 1.29 is 19.4 Å². The number of amides is 1. The monoisotopic (exact) mass is 279 g/mol. The molecule has 1 rings (SSSR count). The summed E-state index contributed by atoms with van der Waals surface area (Å²) in [4.78, 5) is 22.1. The maximum absolute atomic E-state index is 11.8. The minimum Gasteiger partial charge on any atom is -0.491 e. The Morgan fingerprint density at radius 3 is 2.40 bits per heavy atom. The molecule has 0 aromatic heterocycles. The molecule has 2 N–H and O–H groups in total. The molecule has 0 atom stereocenters. The first-order valence-electron chi connectivity index (χ1n) is 6.75. The molecule has 5 nitrogen and oxygen atoms in total. The van der Waals surface area contributed by atoms with Gasteiger partial charge in [-0.05, 0) is 51.0 Å². The third-order valence-corrected chi connectivity index (χ3v) is 2.59. The number of hydrogen-bond acceptors (Lipinski definition) is 3. The Morgan fingerprint density at radius 2 is 1.85 bits per heavy atom. The van der Waals surface area contributed by atoms with E-state index in [0.29, 0.717) is 24.9 Å². The van der Waals surface area contributed by atoms with Crippen LogP contribution in [0.5, 0.6) is 5.75 Å². The van der Waals surface area contributed by atoms with Gasteiger partial charge in [-0.25, -0.2) is 0 Å². The van der Waals surface area contributed by atoms with Crippen LogP contribution in [0, 0.1) is 0 Å². The standard InChI is InChI=1S/C15H21NO4/c1-11(2)20-13-8-6-12(7-9-13)15(19)16-10-4-3-5-14(17)18/h6-9,11H,3-5,10H2,1-2H3,(H,16,19)(H,17,18). The molecule has 0 fully saturated rings. The first-order valence-corrected chi connectivity index (χ1v) is 6.75. The molecule has 0 aliphatic heterocycles. The smallest absolute Gasteiger partial charge is 0.303 e. The number of benzene rings is 1. The second kappa shape index (κ2) is 8.19. The van der Waals surface area contributed by atoms with E-state index in [9.17, 15) is 9.59 Å². The summed E-state index contributed by atoms with van der Waals surface area (Å²) >= 11 is 0. The van der Waals surface area contributed by atoms with Gasteiger partial charge in [-0.3, -0.25) is 9.59 Å². The van der Waals surface area contributed by atoms with Crippen LogP contribution in [-0.2, 0) is 4.79 Å². The van der Waals surface area contributed by atoms with Gasteiger partial charge in [0.25, 0.3) is 5.91 Å². The summed E-state index contributed by atoms with van der Waals surface area (Å²) in [5.74, 6) is -0.230. The molecule has 0 bridgehead atoms. The number of nitrogens with one attached hydrogen (secondary N) is 1. The van der Waals surface area contributed by atoms with E-state index in [4.69, 9.17) is 9.84 Å². The fourth-order valence-electron chi connectivity index (χ4n) is 1.66. The lowest BCUT2D eigenvalue weighted by Crippen LogP contribution is -2.24. The summed E-state index contributed by atoms with van der Waals surface area (Å²) in [6, 6.07) is 6.95. The van der Waals surface area contributed by atoms with E-state index in [1.807, 2.05) is 13.8 Å². The van der Waals surface area contributed by atoms with E-state index >= 15 is 0 Å². The Morgan fingerprint density at radius 1 is 1.20 bits per heavy atom. The van der Waals surface area contributed by atoms with E-state index in [2.05, 4.69) is 5.32 Å². The van der Waals surface area contributed by atoms with E-state index in [0.717, 1.165) is 5.75 Å². The number of aliphatic carboxylic acids is 1. The van der Waals surface area contributed by atoms with Gasteiger partial charge < -0.3 is 15.2 Å². The van der Waals surface area contributed by atoms with Crippen molar-refractivity contribution >= 4 is 11.9 Å². The first kappa shape index (κ1) is 16.0. The van der Waals surface area contributed by atoms with Gasteiger partial charge in [0, 0.05) is 18.5 Å². The number of carboxylic acid groups (broad SMARTS) is 1. The van der Waals surface area contributed by atoms with Gasteiger partial charge in [-0.15, -0.1) is 0 Å². The SMILES string of the molecule is CC(C)Oc1ccc(C(=O)NCCCCC(=O)O)cc1. The van der Waals surface area contributed by atoms with E-state index < -0.39 is 5.97 Å². The molecule has 0 saturated carbocycles. The lowest BCUT2D eigenvalue weighted by Gasteiger charge is -2.10. The fraction of sp³-hybridized carbons (Fsp3) is 0.467. The highest BCUT2D eigenvalue weighted by molar-refractivity contribution is 5.94. The Hall–Kier alpha value is -2.04. The molecule has 0 saturated heterocycles. The second-order valence-corrected chi connectivity index (χ2v) is 4.80. The van der Waals surface area contributed by atoms with E-state index in [1.54, 1.807) is 24.3 Å². The van der Waals surface area contributed by atoms with Crippen molar-refractivity contribution in [1.82, 2.24) is 5.32 Å². The minimum absolute atomic E-state index is 0.101. The number of carboxylic acids is 1. The second-order valence-electron chi connectivity index (χ2n) is 4.80. The zero-order valence-corrected chi connectivity index (χ0v) is 11.9. The van der Waals surface area contributed by atoms with Gasteiger partial charge in [0.1, 0.15) is 5.75 Å². The molecule has 1 amide bonds. The lowest BCUT2D eigenvalue weighted by atomic mass is 10.2. The minimum atomic E-state index is -0.808. The van der Waals surface area contributed by atoms with E-state index in [-0.39, 0.29) is 18.4 Å². The molecular weight excluding hydrogens is 258 g/mol. The average Bonchev–Trinajstić information content (AvgIpc) is 2.38. The van der Waals surface area contributed by atoms with E-state index in [1.165, 1.54) is 0 Å². The Balaban J connectivity index is 2.34. The summed E-state index contributed by atoms with van der Waals surface area (Å²) in [6.45, 7) is 4.37. The number of rotatable bonds is 8. The molecular formula is C15H21NO4. The summed E-state index contributed by atoms with van der Waals surface area (Å²) in [7, 11) is 0. The molecule has 1 aromatic carbocycles. The normalized spacial score (nSPS) is 10.3. The van der Waals surface area contributed by atoms with Gasteiger partial charge >= 0.3 is 5.97 Å². The van der Waals surface area contributed by atoms with Crippen molar-refractivity contribution in [2.24, 2.45) is 0 Å². The number of carbonyl (C=O) groups excluding carboxylic acids is 1. The zero-order valence-electron chi connectivity index (χ0n) is 11.9. The van der Waals surface area contributed by atoms with Gasteiger partial charge in [0.15, 0.2) is 0 Å². The molecule has 0 aliphatic carbocycles. The molecule has 110 valence electrons. The highest BCUT2D eigenvalue weighted by Gasteiger charge is 2.05. The van der Waals surface area contributed by atoms with Gasteiger partial charge in [0.2, 0.25) is 0 Å². The van der Waals surface area contributed by atoms with Crippen molar-refractivity contribution in [3.63, 3.8) is 0 Å². The van der Waals surface area contributed by atoms with Gasteiger partial charge in [-0.1, -0.05) is 0 Å². The Bertz CT molecular complexity index is 440. The van der Waals surface area contributed by atoms with Crippen molar-refractivity contribution in [1.29, 1.82) is 0 Å². The van der Waals surface area contributed by atoms with Crippen LogP contribution in [0.1, 0.15) is 43.5 Å². The van der Waals surface area contributed by atoms with Crippen LogP contribution in [0.3, 0.4) is 0 Å². The number of carbonyl (C=O) groups is 2. The number of ether oxygens (including phenoxy) is 1. The van der Waals surface area contributed by atoms with Crippen LogP contribution in [0.4, 0.5) is 0 Å². The third-order valence-electron chi connectivity index (χ3n) is 2.59. The zero-order chi connectivity index (χ0) is 15.0. The lowest BCUT2D eigenvalue weighted by molar-refractivity contribution is -0.137. The maximum Gasteiger partial charge on any atom is 0.303 e. The van der Waals surface area contributed by atoms with Crippen LogP contribution < -0.4 is 10.1 Å².